The maximum Gasteiger partial charge on any atom is 0.336 e. The number of hydrogen-bond donors (Lipinski definition) is 3. The minimum absolute atomic E-state index is 0.169. The molecule has 5 rings (SSSR count). The predicted molar refractivity (Wildman–Crippen MR) is 138 cm³/mol. The first-order chi connectivity index (χ1) is 17.7. The molecule has 0 amide bonds. The summed E-state index contributed by atoms with van der Waals surface area (Å²) in [6.45, 7) is 1.79. The quantitative estimate of drug-likeness (QED) is 0.234. The van der Waals surface area contributed by atoms with E-state index in [0.29, 0.717) is 34.9 Å². The molecular formula is C26H25N7O3. The van der Waals surface area contributed by atoms with E-state index in [1.165, 1.54) is 18.7 Å². The van der Waals surface area contributed by atoms with E-state index in [1.54, 1.807) is 30.3 Å². The lowest BCUT2D eigenvalue weighted by atomic mass is 10.1. The summed E-state index contributed by atoms with van der Waals surface area (Å²) in [4.78, 5) is 27.3. The molecule has 0 unspecified atom stereocenters. The lowest BCUT2D eigenvalue weighted by Crippen LogP contribution is -2.31. The zero-order chi connectivity index (χ0) is 24.7. The molecule has 0 atom stereocenters. The number of anilines is 4. The number of hydrogen-bond acceptors (Lipinski definition) is 9. The van der Waals surface area contributed by atoms with E-state index in [0.717, 1.165) is 31.6 Å². The Morgan fingerprint density at radius 2 is 1.67 bits per heavy atom. The average Bonchev–Trinajstić information content (AvgIpc) is 3.38. The van der Waals surface area contributed by atoms with Crippen molar-refractivity contribution >= 4 is 35.7 Å². The second-order valence-electron chi connectivity index (χ2n) is 8.24. The Labute approximate surface area is 207 Å². The second-order valence-corrected chi connectivity index (χ2v) is 8.24. The molecule has 2 aromatic carbocycles. The predicted octanol–water partition coefficient (Wildman–Crippen LogP) is 5.01. The minimum Gasteiger partial charge on any atom is -0.478 e. The first-order valence-corrected chi connectivity index (χ1v) is 11.7. The summed E-state index contributed by atoms with van der Waals surface area (Å²) >= 11 is 0. The van der Waals surface area contributed by atoms with Crippen LogP contribution < -0.4 is 15.6 Å². The second kappa shape index (κ2) is 10.7. The summed E-state index contributed by atoms with van der Waals surface area (Å²) in [7, 11) is 0. The first-order valence-electron chi connectivity index (χ1n) is 11.7. The van der Waals surface area contributed by atoms with Crippen molar-refractivity contribution in [3.63, 3.8) is 0 Å². The van der Waals surface area contributed by atoms with E-state index in [4.69, 9.17) is 4.42 Å². The highest BCUT2D eigenvalue weighted by Gasteiger charge is 2.17. The van der Waals surface area contributed by atoms with E-state index in [9.17, 15) is 9.90 Å². The number of furan rings is 1. The third-order valence-corrected chi connectivity index (χ3v) is 5.70. The van der Waals surface area contributed by atoms with Gasteiger partial charge >= 0.3 is 5.97 Å². The fourth-order valence-electron chi connectivity index (χ4n) is 3.96. The van der Waals surface area contributed by atoms with Gasteiger partial charge < -0.3 is 19.7 Å². The van der Waals surface area contributed by atoms with Crippen LogP contribution in [0, 0.1) is 0 Å². The van der Waals surface area contributed by atoms with Gasteiger partial charge in [-0.3, -0.25) is 0 Å². The molecule has 0 spiro atoms. The van der Waals surface area contributed by atoms with E-state index < -0.39 is 5.97 Å². The summed E-state index contributed by atoms with van der Waals surface area (Å²) in [5.74, 6) is 1.18. The first kappa shape index (κ1) is 23.0. The van der Waals surface area contributed by atoms with Crippen LogP contribution in [-0.2, 0) is 0 Å². The van der Waals surface area contributed by atoms with Gasteiger partial charge in [0.15, 0.2) is 0 Å². The highest BCUT2D eigenvalue weighted by atomic mass is 16.4. The fourth-order valence-corrected chi connectivity index (χ4v) is 3.96. The Morgan fingerprint density at radius 1 is 0.917 bits per heavy atom. The third-order valence-electron chi connectivity index (χ3n) is 5.70. The maximum atomic E-state index is 11.5. The van der Waals surface area contributed by atoms with Crippen LogP contribution in [0.3, 0.4) is 0 Å². The van der Waals surface area contributed by atoms with E-state index in [1.807, 2.05) is 30.3 Å². The van der Waals surface area contributed by atoms with Crippen molar-refractivity contribution in [3.8, 4) is 11.3 Å². The number of nitrogens with one attached hydrogen (secondary N) is 2. The number of para-hydroxylation sites is 1. The summed E-state index contributed by atoms with van der Waals surface area (Å²) in [5.41, 5.74) is 4.40. The van der Waals surface area contributed by atoms with Crippen molar-refractivity contribution in [2.75, 3.05) is 28.7 Å². The number of nitrogens with zero attached hydrogens (tertiary/aromatic N) is 5. The van der Waals surface area contributed by atoms with Crippen LogP contribution in [0.2, 0.25) is 0 Å². The Kier molecular flexibility index (Phi) is 6.83. The molecule has 2 aromatic heterocycles. The largest absolute Gasteiger partial charge is 0.478 e. The van der Waals surface area contributed by atoms with Crippen LogP contribution >= 0.6 is 0 Å². The molecule has 3 heterocycles. The summed E-state index contributed by atoms with van der Waals surface area (Å²) < 4.78 is 5.79. The van der Waals surface area contributed by atoms with Gasteiger partial charge in [0.25, 0.3) is 0 Å². The van der Waals surface area contributed by atoms with Crippen LogP contribution in [0.5, 0.6) is 0 Å². The zero-order valence-corrected chi connectivity index (χ0v) is 19.5. The van der Waals surface area contributed by atoms with Crippen LogP contribution in [0.4, 0.5) is 23.5 Å². The van der Waals surface area contributed by atoms with Crippen LogP contribution in [0.1, 0.15) is 35.4 Å². The number of hydrazone groups is 1. The van der Waals surface area contributed by atoms with Gasteiger partial charge in [-0.05, 0) is 49.6 Å². The van der Waals surface area contributed by atoms with Gasteiger partial charge in [-0.15, -0.1) is 0 Å². The molecular weight excluding hydrogens is 458 g/mol. The van der Waals surface area contributed by atoms with Crippen molar-refractivity contribution in [1.82, 2.24) is 15.0 Å². The molecule has 36 heavy (non-hydrogen) atoms. The number of carboxylic acid groups (broad SMARTS) is 1. The summed E-state index contributed by atoms with van der Waals surface area (Å²) in [6, 6.07) is 19.8. The van der Waals surface area contributed by atoms with E-state index in [-0.39, 0.29) is 5.56 Å². The molecule has 4 aromatic rings. The molecule has 1 aliphatic heterocycles. The van der Waals surface area contributed by atoms with Gasteiger partial charge in [0, 0.05) is 24.3 Å². The van der Waals surface area contributed by atoms with Crippen molar-refractivity contribution in [1.29, 1.82) is 0 Å². The van der Waals surface area contributed by atoms with Crippen LogP contribution in [0.25, 0.3) is 11.3 Å². The van der Waals surface area contributed by atoms with Gasteiger partial charge in [-0.2, -0.15) is 20.1 Å². The molecule has 1 aliphatic rings. The topological polar surface area (TPSA) is 129 Å². The normalized spacial score (nSPS) is 13.6. The molecule has 10 nitrogen and oxygen atoms in total. The molecule has 1 saturated heterocycles. The molecule has 10 heteroatoms. The molecule has 1 fully saturated rings. The molecule has 0 bridgehead atoms. The number of carbonyl (C=O) groups is 1. The van der Waals surface area contributed by atoms with Gasteiger partial charge in [0.2, 0.25) is 17.8 Å². The smallest absolute Gasteiger partial charge is 0.336 e. The lowest BCUT2D eigenvalue weighted by molar-refractivity contribution is 0.0697. The standard InChI is InChI=1S/C26H25N7O3/c34-23(35)21-12-6-5-11-20(21)22-14-13-19(36-22)17-27-32-25-29-24(28-18-9-3-1-4-10-18)30-26(31-25)33-15-7-2-8-16-33/h1,3-6,9-14,17H,2,7-8,15-16H2,(H,34,35)(H2,28,29,30,31,32)/b27-17+. The number of aromatic carboxylic acids is 1. The fraction of sp³-hybridized carbons (Fsp3) is 0.192. The summed E-state index contributed by atoms with van der Waals surface area (Å²) in [6.07, 6.45) is 4.88. The van der Waals surface area contributed by atoms with Gasteiger partial charge in [-0.25, -0.2) is 10.2 Å². The Balaban J connectivity index is 1.35. The molecule has 0 saturated carbocycles. The number of carboxylic acids is 1. The van der Waals surface area contributed by atoms with Gasteiger partial charge in [0.1, 0.15) is 11.5 Å². The number of rotatable bonds is 8. The Hall–Kier alpha value is -4.73. The SMILES string of the molecule is O=C(O)c1ccccc1-c1ccc(/C=N/Nc2nc(Nc3ccccc3)nc(N3CCCCC3)n2)o1. The van der Waals surface area contributed by atoms with Gasteiger partial charge in [0.05, 0.1) is 11.8 Å². The zero-order valence-electron chi connectivity index (χ0n) is 19.5. The molecule has 0 aliphatic carbocycles. The molecule has 0 radical (unpaired) electrons. The van der Waals surface area contributed by atoms with Crippen LogP contribution in [-0.4, -0.2) is 45.3 Å². The highest BCUT2D eigenvalue weighted by Crippen LogP contribution is 2.26. The van der Waals surface area contributed by atoms with E-state index >= 15 is 0 Å². The third kappa shape index (κ3) is 5.49. The number of benzene rings is 2. The van der Waals surface area contributed by atoms with Crippen molar-refractivity contribution in [2.24, 2.45) is 5.10 Å². The maximum absolute atomic E-state index is 11.5. The van der Waals surface area contributed by atoms with E-state index in [2.05, 4.69) is 35.7 Å². The monoisotopic (exact) mass is 483 g/mol. The summed E-state index contributed by atoms with van der Waals surface area (Å²) in [5, 5.41) is 16.9. The average molecular weight is 484 g/mol. The minimum atomic E-state index is -1.02. The van der Waals surface area contributed by atoms with Crippen molar-refractivity contribution in [3.05, 3.63) is 78.1 Å². The number of aromatic nitrogens is 3. The van der Waals surface area contributed by atoms with Gasteiger partial charge in [-0.1, -0.05) is 36.4 Å². The molecule has 3 N–H and O–H groups in total. The Morgan fingerprint density at radius 3 is 2.47 bits per heavy atom. The Bertz CT molecular complexity index is 1360. The number of piperidine rings is 1. The van der Waals surface area contributed by atoms with Crippen molar-refractivity contribution < 1.29 is 14.3 Å². The highest BCUT2D eigenvalue weighted by molar-refractivity contribution is 5.95. The van der Waals surface area contributed by atoms with Crippen molar-refractivity contribution in [2.45, 2.75) is 19.3 Å². The molecule has 182 valence electrons. The lowest BCUT2D eigenvalue weighted by Gasteiger charge is -2.26. The van der Waals surface area contributed by atoms with Crippen LogP contribution in [0.15, 0.2) is 76.2 Å².